The van der Waals surface area contributed by atoms with E-state index in [1.807, 2.05) is 0 Å². The Bertz CT molecular complexity index is 646. The molecule has 0 bridgehead atoms. The lowest BCUT2D eigenvalue weighted by atomic mass is 9.92. The summed E-state index contributed by atoms with van der Waals surface area (Å²) in [7, 11) is 0. The average Bonchev–Trinajstić information content (AvgIpc) is 2.46. The van der Waals surface area contributed by atoms with Gasteiger partial charge < -0.3 is 10.2 Å². The molecule has 0 aliphatic carbocycles. The predicted octanol–water partition coefficient (Wildman–Crippen LogP) is 2.16. The van der Waals surface area contributed by atoms with Crippen molar-refractivity contribution in [1.29, 1.82) is 0 Å². The van der Waals surface area contributed by atoms with Crippen LogP contribution in [0.4, 0.5) is 0 Å². The Kier molecular flexibility index (Phi) is 4.27. The van der Waals surface area contributed by atoms with E-state index in [0.717, 1.165) is 0 Å². The van der Waals surface area contributed by atoms with Crippen LogP contribution in [0.15, 0.2) is 48.5 Å². The van der Waals surface area contributed by atoms with E-state index in [2.05, 4.69) is 0 Å². The minimum atomic E-state index is -0.927. The highest BCUT2D eigenvalue weighted by Gasteiger charge is 2.14. The van der Waals surface area contributed by atoms with Gasteiger partial charge in [-0.25, -0.2) is 0 Å². The fourth-order valence-electron chi connectivity index (χ4n) is 2.15. The number of ketones is 1. The van der Waals surface area contributed by atoms with Gasteiger partial charge in [-0.05, 0) is 16.7 Å². The third-order valence-corrected chi connectivity index (χ3v) is 3.02. The first-order chi connectivity index (χ1) is 9.63. The van der Waals surface area contributed by atoms with E-state index in [4.69, 9.17) is 10.2 Å². The molecule has 0 fully saturated rings. The lowest BCUT2D eigenvalue weighted by Gasteiger charge is -2.11. The Morgan fingerprint density at radius 2 is 1.50 bits per heavy atom. The van der Waals surface area contributed by atoms with Crippen molar-refractivity contribution in [2.24, 2.45) is 0 Å². The number of Topliss-reactive ketones (excluding diaryl/α,β-unsaturated/α-hetero) is 1. The van der Waals surface area contributed by atoms with Gasteiger partial charge in [0.05, 0.1) is 6.42 Å². The summed E-state index contributed by atoms with van der Waals surface area (Å²) >= 11 is 0. The number of aliphatic hydroxyl groups excluding tert-OH is 1. The maximum atomic E-state index is 11.8. The molecule has 0 spiro atoms. The zero-order valence-electron chi connectivity index (χ0n) is 10.7. The van der Waals surface area contributed by atoms with E-state index in [-0.39, 0.29) is 12.2 Å². The van der Waals surface area contributed by atoms with Crippen LogP contribution >= 0.6 is 0 Å². The standard InChI is InChI=1S/C16H14O4/c17-10-15(18)14-8-4-3-7-13(14)12-6-2-1-5-11(12)9-16(19)20/h1-8,17H,9-10H2,(H,19,20). The first-order valence-electron chi connectivity index (χ1n) is 6.16. The van der Waals surface area contributed by atoms with Crippen LogP contribution in [0.3, 0.4) is 0 Å². The zero-order valence-corrected chi connectivity index (χ0v) is 10.7. The van der Waals surface area contributed by atoms with Gasteiger partial charge in [0.15, 0.2) is 5.78 Å². The van der Waals surface area contributed by atoms with E-state index < -0.39 is 12.6 Å². The van der Waals surface area contributed by atoms with E-state index in [0.29, 0.717) is 22.3 Å². The first kappa shape index (κ1) is 14.0. The van der Waals surface area contributed by atoms with Gasteiger partial charge in [0.1, 0.15) is 6.61 Å². The maximum absolute atomic E-state index is 11.8. The van der Waals surface area contributed by atoms with Crippen molar-refractivity contribution >= 4 is 11.8 Å². The molecule has 0 aliphatic heterocycles. The molecule has 2 aromatic carbocycles. The van der Waals surface area contributed by atoms with Gasteiger partial charge in [0, 0.05) is 5.56 Å². The fourth-order valence-corrected chi connectivity index (χ4v) is 2.15. The van der Waals surface area contributed by atoms with Crippen molar-refractivity contribution < 1.29 is 19.8 Å². The van der Waals surface area contributed by atoms with Crippen molar-refractivity contribution in [3.05, 3.63) is 59.7 Å². The van der Waals surface area contributed by atoms with Gasteiger partial charge >= 0.3 is 5.97 Å². The van der Waals surface area contributed by atoms with Crippen LogP contribution in [0.25, 0.3) is 11.1 Å². The third kappa shape index (κ3) is 2.92. The molecule has 0 unspecified atom stereocenters. The molecule has 0 heterocycles. The predicted molar refractivity (Wildman–Crippen MR) is 74.6 cm³/mol. The number of hydrogen-bond acceptors (Lipinski definition) is 3. The van der Waals surface area contributed by atoms with Crippen molar-refractivity contribution in [2.45, 2.75) is 6.42 Å². The Morgan fingerprint density at radius 1 is 0.900 bits per heavy atom. The molecule has 2 aromatic rings. The van der Waals surface area contributed by atoms with Crippen LogP contribution in [-0.4, -0.2) is 28.6 Å². The summed E-state index contributed by atoms with van der Waals surface area (Å²) in [6.07, 6.45) is -0.113. The van der Waals surface area contributed by atoms with Crippen LogP contribution < -0.4 is 0 Å². The largest absolute Gasteiger partial charge is 0.481 e. The van der Waals surface area contributed by atoms with E-state index in [1.165, 1.54) is 0 Å². The Balaban J connectivity index is 2.57. The minimum Gasteiger partial charge on any atom is -0.481 e. The van der Waals surface area contributed by atoms with Gasteiger partial charge in [-0.2, -0.15) is 0 Å². The smallest absolute Gasteiger partial charge is 0.307 e. The highest BCUT2D eigenvalue weighted by Crippen LogP contribution is 2.27. The summed E-state index contributed by atoms with van der Waals surface area (Å²) in [6.45, 7) is -0.571. The molecule has 20 heavy (non-hydrogen) atoms. The van der Waals surface area contributed by atoms with Gasteiger partial charge in [-0.1, -0.05) is 48.5 Å². The quantitative estimate of drug-likeness (QED) is 0.816. The minimum absolute atomic E-state index is 0.113. The normalized spacial score (nSPS) is 10.2. The Morgan fingerprint density at radius 3 is 2.15 bits per heavy atom. The zero-order chi connectivity index (χ0) is 14.5. The van der Waals surface area contributed by atoms with Gasteiger partial charge in [0.2, 0.25) is 0 Å². The number of aliphatic hydroxyl groups is 1. The fraction of sp³-hybridized carbons (Fsp3) is 0.125. The number of carboxylic acids is 1. The second-order valence-corrected chi connectivity index (χ2v) is 4.35. The lowest BCUT2D eigenvalue weighted by Crippen LogP contribution is -2.07. The average molecular weight is 270 g/mol. The molecule has 2 N–H and O–H groups in total. The molecule has 4 nitrogen and oxygen atoms in total. The molecule has 0 saturated heterocycles. The second-order valence-electron chi connectivity index (χ2n) is 4.35. The summed E-state index contributed by atoms with van der Waals surface area (Å²) in [4.78, 5) is 22.7. The van der Waals surface area contributed by atoms with Crippen LogP contribution in [0.1, 0.15) is 15.9 Å². The van der Waals surface area contributed by atoms with Gasteiger partial charge in [0.25, 0.3) is 0 Å². The molecule has 4 heteroatoms. The molecule has 0 atom stereocenters. The number of carboxylic acid groups (broad SMARTS) is 1. The lowest BCUT2D eigenvalue weighted by molar-refractivity contribution is -0.136. The monoisotopic (exact) mass is 270 g/mol. The van der Waals surface area contributed by atoms with Gasteiger partial charge in [-0.3, -0.25) is 9.59 Å². The molecule has 0 aliphatic rings. The summed E-state index contributed by atoms with van der Waals surface area (Å²) < 4.78 is 0. The molecular formula is C16H14O4. The first-order valence-corrected chi connectivity index (χ1v) is 6.16. The molecule has 0 radical (unpaired) electrons. The number of aliphatic carboxylic acids is 1. The highest BCUT2D eigenvalue weighted by molar-refractivity contribution is 6.03. The van der Waals surface area contributed by atoms with Crippen LogP contribution in [-0.2, 0) is 11.2 Å². The maximum Gasteiger partial charge on any atom is 0.307 e. The summed E-state index contributed by atoms with van der Waals surface area (Å²) in [5.41, 5.74) is 2.38. The van der Waals surface area contributed by atoms with Crippen molar-refractivity contribution in [1.82, 2.24) is 0 Å². The van der Waals surface area contributed by atoms with Crippen LogP contribution in [0.5, 0.6) is 0 Å². The number of hydrogen-bond donors (Lipinski definition) is 2. The van der Waals surface area contributed by atoms with Crippen molar-refractivity contribution in [2.75, 3.05) is 6.61 Å². The molecule has 102 valence electrons. The van der Waals surface area contributed by atoms with Crippen molar-refractivity contribution in [3.63, 3.8) is 0 Å². The SMILES string of the molecule is O=C(O)Cc1ccccc1-c1ccccc1C(=O)CO. The highest BCUT2D eigenvalue weighted by atomic mass is 16.4. The number of rotatable bonds is 5. The molecule has 2 rings (SSSR count). The van der Waals surface area contributed by atoms with E-state index >= 15 is 0 Å². The Hall–Kier alpha value is -2.46. The molecule has 0 aromatic heterocycles. The van der Waals surface area contributed by atoms with Crippen LogP contribution in [0.2, 0.25) is 0 Å². The summed E-state index contributed by atoms with van der Waals surface area (Å²) in [5.74, 6) is -1.31. The molecular weight excluding hydrogens is 256 g/mol. The van der Waals surface area contributed by atoms with E-state index in [9.17, 15) is 9.59 Å². The number of carbonyl (C=O) groups is 2. The second kappa shape index (κ2) is 6.12. The Labute approximate surface area is 116 Å². The molecule has 0 amide bonds. The summed E-state index contributed by atoms with van der Waals surface area (Å²) in [6, 6.07) is 13.9. The number of benzene rings is 2. The number of carbonyl (C=O) groups excluding carboxylic acids is 1. The topological polar surface area (TPSA) is 74.6 Å². The van der Waals surface area contributed by atoms with Crippen molar-refractivity contribution in [3.8, 4) is 11.1 Å². The third-order valence-electron chi connectivity index (χ3n) is 3.02. The van der Waals surface area contributed by atoms with E-state index in [1.54, 1.807) is 48.5 Å². The summed E-state index contributed by atoms with van der Waals surface area (Å²) in [5, 5.41) is 18.0. The van der Waals surface area contributed by atoms with Gasteiger partial charge in [-0.15, -0.1) is 0 Å². The van der Waals surface area contributed by atoms with Crippen LogP contribution in [0, 0.1) is 0 Å². The molecule has 0 saturated carbocycles.